The lowest BCUT2D eigenvalue weighted by molar-refractivity contribution is -0.146. The minimum atomic E-state index is -0.704. The van der Waals surface area contributed by atoms with Gasteiger partial charge in [-0.05, 0) is 45.0 Å². The maximum absolute atomic E-state index is 11.9. The van der Waals surface area contributed by atoms with Crippen molar-refractivity contribution in [2.24, 2.45) is 0 Å². The van der Waals surface area contributed by atoms with Gasteiger partial charge in [0, 0.05) is 29.0 Å². The van der Waals surface area contributed by atoms with Crippen LogP contribution in [0.15, 0.2) is 77.4 Å². The summed E-state index contributed by atoms with van der Waals surface area (Å²) in [5, 5.41) is 3.35. The van der Waals surface area contributed by atoms with Crippen LogP contribution >= 0.6 is 0 Å². The molecule has 0 aliphatic rings. The molecule has 0 aliphatic heterocycles. The molecule has 0 spiro atoms. The molecule has 1 aromatic heterocycles. The fourth-order valence-corrected chi connectivity index (χ4v) is 2.84. The second kappa shape index (κ2) is 14.0. The van der Waals surface area contributed by atoms with Gasteiger partial charge in [-0.25, -0.2) is 14.4 Å². The Morgan fingerprint density at radius 2 is 1.40 bits per heavy atom. The predicted molar refractivity (Wildman–Crippen MR) is 132 cm³/mol. The molecular weight excluding hydrogens is 452 g/mol. The first kappa shape index (κ1) is 26.8. The minimum Gasteiger partial charge on any atom is -0.462 e. The van der Waals surface area contributed by atoms with Crippen LogP contribution in [0.2, 0.25) is 0 Å². The Labute approximate surface area is 202 Å². The highest BCUT2D eigenvalue weighted by molar-refractivity contribution is 6.14. The van der Waals surface area contributed by atoms with Gasteiger partial charge in [-0.15, -0.1) is 0 Å². The fraction of sp³-hybridized carbons (Fsp3) is 0.231. The molecule has 0 amide bonds. The zero-order chi connectivity index (χ0) is 25.6. The fourth-order valence-electron chi connectivity index (χ4n) is 2.84. The number of carbonyl (C=O) groups excluding carboxylic acids is 3. The molecule has 0 unspecified atom stereocenters. The number of para-hydroxylation sites is 2. The van der Waals surface area contributed by atoms with E-state index in [1.54, 1.807) is 39.0 Å². The number of hydrogen-bond acceptors (Lipinski definition) is 8. The van der Waals surface area contributed by atoms with Gasteiger partial charge in [0.1, 0.15) is 5.56 Å². The van der Waals surface area contributed by atoms with E-state index in [1.165, 1.54) is 12.4 Å². The predicted octanol–water partition coefficient (Wildman–Crippen LogP) is 3.81. The van der Waals surface area contributed by atoms with Crippen molar-refractivity contribution in [1.82, 2.24) is 4.98 Å². The van der Waals surface area contributed by atoms with Crippen LogP contribution in [-0.2, 0) is 23.8 Å². The summed E-state index contributed by atoms with van der Waals surface area (Å²) in [6, 6.07) is 16.2. The van der Waals surface area contributed by atoms with Crippen molar-refractivity contribution in [2.75, 3.05) is 25.1 Å². The Hall–Kier alpha value is -4.40. The average Bonchev–Trinajstić information content (AvgIpc) is 2.86. The number of fused-ring (bicyclic) bond motifs is 1. The van der Waals surface area contributed by atoms with Crippen molar-refractivity contribution in [3.05, 3.63) is 88.4 Å². The van der Waals surface area contributed by atoms with Gasteiger partial charge in [-0.1, -0.05) is 30.3 Å². The molecule has 0 bridgehead atoms. The van der Waals surface area contributed by atoms with E-state index in [9.17, 15) is 19.2 Å². The normalized spacial score (nSPS) is 9.80. The molecule has 0 aliphatic carbocycles. The summed E-state index contributed by atoms with van der Waals surface area (Å²) in [5.74, 6) is -2.00. The van der Waals surface area contributed by atoms with Gasteiger partial charge in [0.2, 0.25) is 5.43 Å². The molecule has 2 N–H and O–H groups in total. The third kappa shape index (κ3) is 7.85. The van der Waals surface area contributed by atoms with E-state index >= 15 is 0 Å². The SMILES string of the molecule is CCOC(=O)C(=CNc1ccccc1)C(=O)OCC.CCOC(=O)c1c[nH]c2ccccc2c1=O. The quantitative estimate of drug-likeness (QED) is 0.164. The van der Waals surface area contributed by atoms with Crippen molar-refractivity contribution in [3.63, 3.8) is 0 Å². The third-order valence-corrected chi connectivity index (χ3v) is 4.43. The molecule has 3 rings (SSSR count). The first-order chi connectivity index (χ1) is 16.9. The number of esters is 3. The molecular formula is C26H28N2O7. The van der Waals surface area contributed by atoms with Crippen LogP contribution in [0.5, 0.6) is 0 Å². The summed E-state index contributed by atoms with van der Waals surface area (Å²) in [7, 11) is 0. The molecule has 0 saturated heterocycles. The monoisotopic (exact) mass is 480 g/mol. The van der Waals surface area contributed by atoms with Crippen molar-refractivity contribution < 1.29 is 28.6 Å². The Morgan fingerprint density at radius 1 is 0.829 bits per heavy atom. The van der Waals surface area contributed by atoms with E-state index < -0.39 is 17.9 Å². The number of rotatable bonds is 8. The first-order valence-corrected chi connectivity index (χ1v) is 11.1. The smallest absolute Gasteiger partial charge is 0.347 e. The number of nitrogens with one attached hydrogen (secondary N) is 2. The van der Waals surface area contributed by atoms with Crippen LogP contribution < -0.4 is 10.7 Å². The molecule has 0 saturated carbocycles. The standard InChI is InChI=1S/C14H17NO4.C12H11NO3/c1-3-18-13(16)12(14(17)19-4-2)10-15-11-8-6-5-7-9-11;1-2-16-12(15)9-7-13-10-6-4-3-5-8(10)11(9)14/h5-10,15H,3-4H2,1-2H3;3-7H,2H2,1H3,(H,13,14). The lowest BCUT2D eigenvalue weighted by Crippen LogP contribution is -2.19. The molecule has 9 heteroatoms. The third-order valence-electron chi connectivity index (χ3n) is 4.43. The molecule has 2 aromatic carbocycles. The summed E-state index contributed by atoms with van der Waals surface area (Å²) in [4.78, 5) is 49.6. The molecule has 0 fully saturated rings. The second-order valence-electron chi connectivity index (χ2n) is 6.81. The number of anilines is 1. The van der Waals surface area contributed by atoms with Crippen molar-refractivity contribution in [1.29, 1.82) is 0 Å². The number of carbonyl (C=O) groups is 3. The van der Waals surface area contributed by atoms with Crippen molar-refractivity contribution >= 4 is 34.5 Å². The van der Waals surface area contributed by atoms with Crippen LogP contribution in [0.3, 0.4) is 0 Å². The maximum atomic E-state index is 11.9. The number of pyridine rings is 1. The topological polar surface area (TPSA) is 124 Å². The number of ether oxygens (including phenoxy) is 3. The molecule has 3 aromatic rings. The van der Waals surface area contributed by atoms with E-state index in [0.29, 0.717) is 10.9 Å². The van der Waals surface area contributed by atoms with Crippen LogP contribution in [0.1, 0.15) is 31.1 Å². The largest absolute Gasteiger partial charge is 0.462 e. The number of aromatic nitrogens is 1. The average molecular weight is 481 g/mol. The van der Waals surface area contributed by atoms with Crippen LogP contribution in [0.25, 0.3) is 10.9 Å². The summed E-state index contributed by atoms with van der Waals surface area (Å²) >= 11 is 0. The van der Waals surface area contributed by atoms with Crippen LogP contribution in [-0.4, -0.2) is 42.7 Å². The Bertz CT molecular complexity index is 1210. The number of hydrogen-bond donors (Lipinski definition) is 2. The number of H-pyrrole nitrogens is 1. The van der Waals surface area contributed by atoms with Crippen LogP contribution in [0.4, 0.5) is 5.69 Å². The Kier molecular flexibility index (Phi) is 10.7. The van der Waals surface area contributed by atoms with Gasteiger partial charge in [0.05, 0.1) is 19.8 Å². The first-order valence-electron chi connectivity index (χ1n) is 11.1. The number of aromatic amines is 1. The zero-order valence-corrected chi connectivity index (χ0v) is 19.8. The highest BCUT2D eigenvalue weighted by atomic mass is 16.6. The highest BCUT2D eigenvalue weighted by Gasteiger charge is 2.20. The summed E-state index contributed by atoms with van der Waals surface area (Å²) in [5.41, 5.74) is 1.05. The Balaban J connectivity index is 0.000000250. The summed E-state index contributed by atoms with van der Waals surface area (Å²) < 4.78 is 14.4. The number of benzene rings is 2. The van der Waals surface area contributed by atoms with E-state index in [0.717, 1.165) is 5.69 Å². The Morgan fingerprint density at radius 3 is 2.00 bits per heavy atom. The van der Waals surface area contributed by atoms with E-state index in [4.69, 9.17) is 14.2 Å². The molecule has 9 nitrogen and oxygen atoms in total. The van der Waals surface area contributed by atoms with Gasteiger partial charge in [0.15, 0.2) is 5.57 Å². The summed E-state index contributed by atoms with van der Waals surface area (Å²) in [6.07, 6.45) is 2.69. The lowest BCUT2D eigenvalue weighted by Gasteiger charge is -2.07. The van der Waals surface area contributed by atoms with Gasteiger partial charge in [-0.2, -0.15) is 0 Å². The zero-order valence-electron chi connectivity index (χ0n) is 19.8. The van der Waals surface area contributed by atoms with E-state index in [1.807, 2.05) is 36.4 Å². The summed E-state index contributed by atoms with van der Waals surface area (Å²) in [6.45, 7) is 5.69. The minimum absolute atomic E-state index is 0.0422. The molecule has 35 heavy (non-hydrogen) atoms. The maximum Gasteiger partial charge on any atom is 0.347 e. The molecule has 0 atom stereocenters. The van der Waals surface area contributed by atoms with Gasteiger partial charge < -0.3 is 24.5 Å². The van der Waals surface area contributed by atoms with Gasteiger partial charge in [0.25, 0.3) is 0 Å². The highest BCUT2D eigenvalue weighted by Crippen LogP contribution is 2.09. The van der Waals surface area contributed by atoms with Gasteiger partial charge >= 0.3 is 17.9 Å². The van der Waals surface area contributed by atoms with Crippen molar-refractivity contribution in [2.45, 2.75) is 20.8 Å². The van der Waals surface area contributed by atoms with Crippen molar-refractivity contribution in [3.8, 4) is 0 Å². The van der Waals surface area contributed by atoms with Crippen LogP contribution in [0, 0.1) is 0 Å². The molecule has 0 radical (unpaired) electrons. The van der Waals surface area contributed by atoms with E-state index in [-0.39, 0.29) is 36.4 Å². The van der Waals surface area contributed by atoms with E-state index in [2.05, 4.69) is 10.3 Å². The van der Waals surface area contributed by atoms with Gasteiger partial charge in [-0.3, -0.25) is 4.79 Å². The lowest BCUT2D eigenvalue weighted by atomic mass is 10.1. The second-order valence-corrected chi connectivity index (χ2v) is 6.81. The molecule has 184 valence electrons. The molecule has 1 heterocycles.